The Hall–Kier alpha value is -4.63. The summed E-state index contributed by atoms with van der Waals surface area (Å²) >= 11 is 0. The predicted octanol–water partition coefficient (Wildman–Crippen LogP) is 9.77. The SMILES string of the molecule is CCCCCCCC(=O)NC1[C@@H](OCc2ccccc2)[C@H](OCc2ccccc2)C(OCc2ccccc2)[C@H](OCc2ccccc2)[C@H]1OCc1ccccc1. The molecule has 0 saturated heterocycles. The zero-order valence-electron chi connectivity index (χ0n) is 32.6. The fourth-order valence-electron chi connectivity index (χ4n) is 7.27. The molecule has 6 rings (SSSR count). The molecule has 0 aliphatic heterocycles. The van der Waals surface area contributed by atoms with Crippen LogP contribution in [0.15, 0.2) is 152 Å². The van der Waals surface area contributed by atoms with Crippen molar-refractivity contribution in [3.05, 3.63) is 179 Å². The quantitative estimate of drug-likeness (QED) is 0.0710. The normalized spacial score (nSPS) is 20.7. The lowest BCUT2D eigenvalue weighted by atomic mass is 9.81. The molecule has 5 aromatic carbocycles. The van der Waals surface area contributed by atoms with Crippen LogP contribution in [0.2, 0.25) is 0 Å². The van der Waals surface area contributed by atoms with Crippen molar-refractivity contribution in [3.8, 4) is 0 Å². The van der Waals surface area contributed by atoms with E-state index in [1.165, 1.54) is 6.42 Å². The molecule has 7 heteroatoms. The summed E-state index contributed by atoms with van der Waals surface area (Å²) in [5, 5.41) is 3.43. The zero-order valence-corrected chi connectivity index (χ0v) is 32.6. The van der Waals surface area contributed by atoms with Gasteiger partial charge in [-0.3, -0.25) is 4.79 Å². The van der Waals surface area contributed by atoms with Crippen LogP contribution >= 0.6 is 0 Å². The Morgan fingerprint density at radius 3 is 1.02 bits per heavy atom. The average Bonchev–Trinajstić information content (AvgIpc) is 3.25. The highest BCUT2D eigenvalue weighted by Gasteiger charge is 2.55. The van der Waals surface area contributed by atoms with Crippen LogP contribution in [0.4, 0.5) is 0 Å². The van der Waals surface area contributed by atoms with Crippen LogP contribution in [0.25, 0.3) is 0 Å². The first kappa shape index (κ1) is 41.0. The first-order valence-corrected chi connectivity index (χ1v) is 20.2. The van der Waals surface area contributed by atoms with Gasteiger partial charge in [0.25, 0.3) is 0 Å². The summed E-state index contributed by atoms with van der Waals surface area (Å²) in [6.07, 6.45) is 2.44. The number of ether oxygens (including phenoxy) is 5. The Morgan fingerprint density at radius 1 is 0.411 bits per heavy atom. The first-order valence-electron chi connectivity index (χ1n) is 20.2. The van der Waals surface area contributed by atoms with Crippen molar-refractivity contribution in [2.45, 2.75) is 115 Å². The lowest BCUT2D eigenvalue weighted by Gasteiger charge is -2.50. The van der Waals surface area contributed by atoms with Gasteiger partial charge in [0, 0.05) is 6.42 Å². The predicted molar refractivity (Wildman–Crippen MR) is 220 cm³/mol. The van der Waals surface area contributed by atoms with Gasteiger partial charge in [-0.1, -0.05) is 184 Å². The van der Waals surface area contributed by atoms with Crippen LogP contribution in [-0.2, 0) is 61.5 Å². The average molecular weight is 756 g/mol. The van der Waals surface area contributed by atoms with E-state index in [0.717, 1.165) is 53.5 Å². The van der Waals surface area contributed by atoms with Gasteiger partial charge in [-0.05, 0) is 34.2 Å². The molecule has 1 amide bonds. The number of rotatable bonds is 22. The topological polar surface area (TPSA) is 75.3 Å². The van der Waals surface area contributed by atoms with E-state index in [2.05, 4.69) is 48.6 Å². The fraction of sp³-hybridized carbons (Fsp3) is 0.367. The number of amides is 1. The molecule has 294 valence electrons. The van der Waals surface area contributed by atoms with Crippen molar-refractivity contribution in [2.75, 3.05) is 0 Å². The number of carbonyl (C=O) groups is 1. The highest BCUT2D eigenvalue weighted by Crippen LogP contribution is 2.35. The van der Waals surface area contributed by atoms with Crippen LogP contribution in [0.5, 0.6) is 0 Å². The van der Waals surface area contributed by atoms with E-state index in [9.17, 15) is 4.79 Å². The van der Waals surface area contributed by atoms with Gasteiger partial charge in [0.1, 0.15) is 30.5 Å². The summed E-state index contributed by atoms with van der Waals surface area (Å²) in [4.78, 5) is 14.0. The third-order valence-electron chi connectivity index (χ3n) is 10.3. The van der Waals surface area contributed by atoms with Crippen LogP contribution in [-0.4, -0.2) is 42.5 Å². The van der Waals surface area contributed by atoms with Crippen molar-refractivity contribution >= 4 is 5.91 Å². The molecule has 0 radical (unpaired) electrons. The number of hydrogen-bond acceptors (Lipinski definition) is 6. The number of hydrogen-bond donors (Lipinski definition) is 1. The van der Waals surface area contributed by atoms with Crippen molar-refractivity contribution < 1.29 is 28.5 Å². The third kappa shape index (κ3) is 12.7. The number of unbranched alkanes of at least 4 members (excludes halogenated alkanes) is 4. The number of nitrogens with one attached hydrogen (secondary N) is 1. The summed E-state index contributed by atoms with van der Waals surface area (Å²) in [6.45, 7) is 3.79. The van der Waals surface area contributed by atoms with E-state index in [-0.39, 0.29) is 5.91 Å². The van der Waals surface area contributed by atoms with Crippen LogP contribution in [0.1, 0.15) is 73.3 Å². The molecule has 1 aliphatic carbocycles. The van der Waals surface area contributed by atoms with E-state index in [4.69, 9.17) is 23.7 Å². The van der Waals surface area contributed by atoms with Crippen molar-refractivity contribution in [2.24, 2.45) is 0 Å². The highest BCUT2D eigenvalue weighted by atomic mass is 16.6. The maximum Gasteiger partial charge on any atom is 0.220 e. The Morgan fingerprint density at radius 2 is 0.696 bits per heavy atom. The minimum Gasteiger partial charge on any atom is -0.368 e. The molecule has 1 aliphatic rings. The molecular formula is C49H57NO6. The molecule has 1 fully saturated rings. The van der Waals surface area contributed by atoms with E-state index in [0.29, 0.717) is 39.5 Å². The molecule has 1 N–H and O–H groups in total. The van der Waals surface area contributed by atoms with E-state index >= 15 is 0 Å². The largest absolute Gasteiger partial charge is 0.368 e. The minimum absolute atomic E-state index is 0.0413. The van der Waals surface area contributed by atoms with Gasteiger partial charge in [0.15, 0.2) is 0 Å². The second kappa shape index (κ2) is 22.8. The van der Waals surface area contributed by atoms with Crippen molar-refractivity contribution in [1.82, 2.24) is 5.32 Å². The Labute approximate surface area is 333 Å². The molecule has 2 unspecified atom stereocenters. The van der Waals surface area contributed by atoms with Gasteiger partial charge < -0.3 is 29.0 Å². The monoisotopic (exact) mass is 755 g/mol. The summed E-state index contributed by atoms with van der Waals surface area (Å²) in [7, 11) is 0. The summed E-state index contributed by atoms with van der Waals surface area (Å²) in [6, 6.07) is 49.9. The van der Waals surface area contributed by atoms with Gasteiger partial charge in [-0.2, -0.15) is 0 Å². The van der Waals surface area contributed by atoms with Gasteiger partial charge in [0.2, 0.25) is 5.91 Å². The smallest absolute Gasteiger partial charge is 0.220 e. The van der Waals surface area contributed by atoms with Crippen molar-refractivity contribution in [1.29, 1.82) is 0 Å². The zero-order chi connectivity index (χ0) is 38.6. The molecule has 56 heavy (non-hydrogen) atoms. The first-order chi connectivity index (χ1) is 27.7. The summed E-state index contributed by atoms with van der Waals surface area (Å²) in [5.41, 5.74) is 5.10. The van der Waals surface area contributed by atoms with Gasteiger partial charge in [-0.25, -0.2) is 0 Å². The standard InChI is InChI=1S/C49H57NO6/c1-2-3-4-5-21-32-43(51)50-44-45(52-33-38-22-11-6-12-23-38)47(54-35-40-26-15-8-16-27-40)49(56-37-42-30-19-10-20-31-42)48(55-36-41-28-17-9-18-29-41)46(44)53-34-39-24-13-7-14-25-39/h6-20,22-31,44-49H,2-5,21,32-37H2,1H3,(H,50,51)/t44?,45-,46+,47+,48-,49?. The molecule has 0 aromatic heterocycles. The molecular weight excluding hydrogens is 699 g/mol. The maximum absolute atomic E-state index is 14.0. The van der Waals surface area contributed by atoms with Gasteiger partial charge in [-0.15, -0.1) is 0 Å². The van der Waals surface area contributed by atoms with Gasteiger partial charge >= 0.3 is 0 Å². The number of benzene rings is 5. The second-order valence-corrected chi connectivity index (χ2v) is 14.6. The molecule has 5 aromatic rings. The lowest BCUT2D eigenvalue weighted by molar-refractivity contribution is -0.259. The Balaban J connectivity index is 1.40. The lowest BCUT2D eigenvalue weighted by Crippen LogP contribution is -2.70. The molecule has 0 spiro atoms. The summed E-state index contributed by atoms with van der Waals surface area (Å²) in [5.74, 6) is -0.0413. The Kier molecular flexibility index (Phi) is 16.7. The minimum atomic E-state index is -0.652. The Bertz CT molecular complexity index is 1690. The molecule has 1 saturated carbocycles. The molecule has 0 heterocycles. The van der Waals surface area contributed by atoms with E-state index < -0.39 is 36.6 Å². The van der Waals surface area contributed by atoms with Crippen LogP contribution in [0.3, 0.4) is 0 Å². The third-order valence-corrected chi connectivity index (χ3v) is 10.3. The van der Waals surface area contributed by atoms with Crippen LogP contribution in [0, 0.1) is 0 Å². The van der Waals surface area contributed by atoms with Gasteiger partial charge in [0.05, 0.1) is 39.1 Å². The van der Waals surface area contributed by atoms with E-state index in [1.54, 1.807) is 0 Å². The van der Waals surface area contributed by atoms with Crippen LogP contribution < -0.4 is 5.32 Å². The summed E-state index contributed by atoms with van der Waals surface area (Å²) < 4.78 is 34.8. The van der Waals surface area contributed by atoms with Crippen molar-refractivity contribution in [3.63, 3.8) is 0 Å². The van der Waals surface area contributed by atoms with E-state index in [1.807, 2.05) is 115 Å². The highest BCUT2D eigenvalue weighted by molar-refractivity contribution is 5.76. The number of carbonyl (C=O) groups excluding carboxylic acids is 1. The molecule has 7 nitrogen and oxygen atoms in total. The second-order valence-electron chi connectivity index (χ2n) is 14.6. The maximum atomic E-state index is 14.0. The molecule has 0 bridgehead atoms. The molecule has 6 atom stereocenters. The fourth-order valence-corrected chi connectivity index (χ4v) is 7.27.